The Hall–Kier alpha value is -1.89. The van der Waals surface area contributed by atoms with E-state index < -0.39 is 0 Å². The molecule has 2 rings (SSSR count). The van der Waals surface area contributed by atoms with Gasteiger partial charge in [0.2, 0.25) is 5.75 Å². The molecule has 0 spiro atoms. The van der Waals surface area contributed by atoms with Gasteiger partial charge in [0.1, 0.15) is 6.33 Å². The number of hydrogen-bond acceptors (Lipinski definition) is 7. The molecule has 0 aliphatic rings. The van der Waals surface area contributed by atoms with Crippen LogP contribution in [-0.2, 0) is 6.54 Å². The van der Waals surface area contributed by atoms with E-state index in [1.54, 1.807) is 24.8 Å². The molecule has 0 unspecified atom stereocenters. The van der Waals surface area contributed by atoms with E-state index >= 15 is 0 Å². The van der Waals surface area contributed by atoms with Crippen molar-refractivity contribution in [1.82, 2.24) is 15.0 Å². The van der Waals surface area contributed by atoms with Gasteiger partial charge in [-0.3, -0.25) is 0 Å². The summed E-state index contributed by atoms with van der Waals surface area (Å²) in [4.78, 5) is 16.1. The predicted molar refractivity (Wildman–Crippen MR) is 81.7 cm³/mol. The second-order valence-electron chi connectivity index (χ2n) is 4.33. The lowest BCUT2D eigenvalue weighted by Crippen LogP contribution is -2.19. The van der Waals surface area contributed by atoms with Crippen molar-refractivity contribution in [2.45, 2.75) is 20.4 Å². The van der Waals surface area contributed by atoms with Gasteiger partial charge in [-0.25, -0.2) is 15.0 Å². The number of nitrogens with zero attached hydrogens (tertiary/aromatic N) is 4. The van der Waals surface area contributed by atoms with E-state index in [0.717, 1.165) is 24.6 Å². The minimum Gasteiger partial charge on any atom is -0.490 e. The quantitative estimate of drug-likeness (QED) is 0.882. The molecule has 0 saturated heterocycles. The Labute approximate surface area is 122 Å². The summed E-state index contributed by atoms with van der Waals surface area (Å²) >= 11 is 1.65. The van der Waals surface area contributed by atoms with E-state index in [1.165, 1.54) is 4.88 Å². The number of rotatable bonds is 6. The van der Waals surface area contributed by atoms with Crippen LogP contribution in [0.2, 0.25) is 0 Å². The molecular weight excluding hydrogens is 274 g/mol. The molecule has 0 atom stereocenters. The Morgan fingerprint density at radius 2 is 2.15 bits per heavy atom. The van der Waals surface area contributed by atoms with Gasteiger partial charge in [0, 0.05) is 18.5 Å². The lowest BCUT2D eigenvalue weighted by atomic mass is 10.3. The van der Waals surface area contributed by atoms with Crippen LogP contribution in [0.4, 0.5) is 11.6 Å². The second kappa shape index (κ2) is 6.51. The van der Waals surface area contributed by atoms with E-state index in [4.69, 9.17) is 4.74 Å². The molecule has 0 saturated carbocycles. The fourth-order valence-corrected chi connectivity index (χ4v) is 2.72. The Kier molecular flexibility index (Phi) is 4.73. The van der Waals surface area contributed by atoms with Crippen LogP contribution < -0.4 is 15.0 Å². The fourth-order valence-electron chi connectivity index (χ4n) is 1.89. The van der Waals surface area contributed by atoms with Gasteiger partial charge >= 0.3 is 0 Å². The zero-order valence-corrected chi connectivity index (χ0v) is 13.0. The van der Waals surface area contributed by atoms with Gasteiger partial charge in [0.15, 0.2) is 11.6 Å². The largest absolute Gasteiger partial charge is 0.490 e. The van der Waals surface area contributed by atoms with Crippen molar-refractivity contribution in [3.8, 4) is 5.75 Å². The maximum absolute atomic E-state index is 5.46. The SMILES string of the molecule is CCNc1ncnc(N(C)Cc2scnc2C)c1OC. The number of thiazole rings is 1. The van der Waals surface area contributed by atoms with Crippen LogP contribution in [-0.4, -0.2) is 35.7 Å². The number of aromatic nitrogens is 3. The van der Waals surface area contributed by atoms with E-state index in [-0.39, 0.29) is 0 Å². The third kappa shape index (κ3) is 2.98. The summed E-state index contributed by atoms with van der Waals surface area (Å²) in [7, 11) is 3.62. The first-order valence-electron chi connectivity index (χ1n) is 6.40. The van der Waals surface area contributed by atoms with Gasteiger partial charge in [-0.1, -0.05) is 0 Å². The summed E-state index contributed by atoms with van der Waals surface area (Å²) < 4.78 is 5.46. The molecule has 0 aliphatic carbocycles. The molecule has 0 radical (unpaired) electrons. The van der Waals surface area contributed by atoms with Gasteiger partial charge in [0.05, 0.1) is 24.9 Å². The van der Waals surface area contributed by atoms with Crippen molar-refractivity contribution in [3.05, 3.63) is 22.4 Å². The molecule has 0 amide bonds. The maximum atomic E-state index is 5.46. The van der Waals surface area contributed by atoms with E-state index in [9.17, 15) is 0 Å². The smallest absolute Gasteiger partial charge is 0.204 e. The summed E-state index contributed by atoms with van der Waals surface area (Å²) in [5, 5.41) is 3.18. The second-order valence-corrected chi connectivity index (χ2v) is 5.27. The van der Waals surface area contributed by atoms with Crippen LogP contribution in [0.1, 0.15) is 17.5 Å². The van der Waals surface area contributed by atoms with Crippen LogP contribution in [0.25, 0.3) is 0 Å². The van der Waals surface area contributed by atoms with Crippen molar-refractivity contribution in [2.24, 2.45) is 0 Å². The topological polar surface area (TPSA) is 63.2 Å². The molecule has 0 bridgehead atoms. The average molecular weight is 293 g/mol. The number of anilines is 2. The first-order valence-corrected chi connectivity index (χ1v) is 7.28. The first-order chi connectivity index (χ1) is 9.67. The predicted octanol–water partition coefficient (Wildman–Crippen LogP) is 2.32. The first kappa shape index (κ1) is 14.5. The average Bonchev–Trinajstić information content (AvgIpc) is 2.84. The van der Waals surface area contributed by atoms with Crippen LogP contribution in [0.5, 0.6) is 5.75 Å². The Balaban J connectivity index is 2.27. The summed E-state index contributed by atoms with van der Waals surface area (Å²) in [6.07, 6.45) is 1.55. The summed E-state index contributed by atoms with van der Waals surface area (Å²) in [6.45, 7) is 5.56. The van der Waals surface area contributed by atoms with Crippen LogP contribution in [0.15, 0.2) is 11.8 Å². The van der Waals surface area contributed by atoms with E-state index in [2.05, 4.69) is 20.3 Å². The number of hydrogen-bond donors (Lipinski definition) is 1. The molecule has 2 heterocycles. The number of nitrogens with one attached hydrogen (secondary N) is 1. The Bertz CT molecular complexity index is 572. The number of methoxy groups -OCH3 is 1. The van der Waals surface area contributed by atoms with E-state index in [1.807, 2.05) is 31.3 Å². The van der Waals surface area contributed by atoms with Gasteiger partial charge in [0.25, 0.3) is 0 Å². The normalized spacial score (nSPS) is 10.4. The third-order valence-corrected chi connectivity index (χ3v) is 3.84. The Morgan fingerprint density at radius 1 is 1.35 bits per heavy atom. The standard InChI is InChI=1S/C13H19N5OS/c1-5-14-12-11(19-4)13(16-7-15-12)18(3)6-10-9(2)17-8-20-10/h7-8H,5-6H2,1-4H3,(H,14,15,16). The van der Waals surface area contributed by atoms with Crippen LogP contribution in [0.3, 0.4) is 0 Å². The van der Waals surface area contributed by atoms with Gasteiger partial charge in [-0.05, 0) is 13.8 Å². The molecule has 108 valence electrons. The van der Waals surface area contributed by atoms with Crippen molar-refractivity contribution < 1.29 is 4.74 Å². The Morgan fingerprint density at radius 3 is 2.75 bits per heavy atom. The monoisotopic (exact) mass is 293 g/mol. The maximum Gasteiger partial charge on any atom is 0.204 e. The highest BCUT2D eigenvalue weighted by Crippen LogP contribution is 2.32. The van der Waals surface area contributed by atoms with Crippen LogP contribution >= 0.6 is 11.3 Å². The zero-order valence-electron chi connectivity index (χ0n) is 12.2. The van der Waals surface area contributed by atoms with E-state index in [0.29, 0.717) is 11.6 Å². The van der Waals surface area contributed by atoms with Gasteiger partial charge in [-0.2, -0.15) is 0 Å². The van der Waals surface area contributed by atoms with Crippen LogP contribution in [0, 0.1) is 6.92 Å². The van der Waals surface area contributed by atoms with Crippen molar-refractivity contribution in [1.29, 1.82) is 0 Å². The molecule has 2 aromatic heterocycles. The molecule has 0 aliphatic heterocycles. The molecule has 0 aromatic carbocycles. The molecule has 6 nitrogen and oxygen atoms in total. The lowest BCUT2D eigenvalue weighted by molar-refractivity contribution is 0.412. The number of aryl methyl sites for hydroxylation is 1. The molecule has 7 heteroatoms. The lowest BCUT2D eigenvalue weighted by Gasteiger charge is -2.21. The minimum atomic E-state index is 0.666. The molecule has 2 aromatic rings. The van der Waals surface area contributed by atoms with Gasteiger partial charge in [-0.15, -0.1) is 11.3 Å². The van der Waals surface area contributed by atoms with Crippen molar-refractivity contribution >= 4 is 23.0 Å². The van der Waals surface area contributed by atoms with Gasteiger partial charge < -0.3 is 15.0 Å². The summed E-state index contributed by atoms with van der Waals surface area (Å²) in [5.41, 5.74) is 2.92. The molecule has 20 heavy (non-hydrogen) atoms. The molecule has 1 N–H and O–H groups in total. The summed E-state index contributed by atoms with van der Waals surface area (Å²) in [6, 6.07) is 0. The number of ether oxygens (including phenoxy) is 1. The van der Waals surface area contributed by atoms with Crippen molar-refractivity contribution in [3.63, 3.8) is 0 Å². The highest BCUT2D eigenvalue weighted by Gasteiger charge is 2.16. The third-order valence-electron chi connectivity index (χ3n) is 2.92. The highest BCUT2D eigenvalue weighted by molar-refractivity contribution is 7.09. The molecule has 0 fully saturated rings. The fraction of sp³-hybridized carbons (Fsp3) is 0.462. The van der Waals surface area contributed by atoms with Crippen molar-refractivity contribution in [2.75, 3.05) is 30.9 Å². The highest BCUT2D eigenvalue weighted by atomic mass is 32.1. The summed E-state index contributed by atoms with van der Waals surface area (Å²) in [5.74, 6) is 2.15. The minimum absolute atomic E-state index is 0.666. The zero-order chi connectivity index (χ0) is 14.5. The molecular formula is C13H19N5OS.